The molecule has 218 valence electrons. The normalized spacial score (nSPS) is 41.9. The number of benzene rings is 1. The molecule has 0 spiro atoms. The molecule has 2 bridgehead atoms. The highest BCUT2D eigenvalue weighted by Crippen LogP contribution is 2.67. The number of esters is 1. The topological polar surface area (TPSA) is 160 Å². The molecule has 10 nitrogen and oxygen atoms in total. The third-order valence-corrected chi connectivity index (χ3v) is 10.6. The van der Waals surface area contributed by atoms with Crippen molar-refractivity contribution in [3.05, 3.63) is 47.0 Å². The second-order valence-electron chi connectivity index (χ2n) is 12.6. The summed E-state index contributed by atoms with van der Waals surface area (Å²) in [5.74, 6) is -3.27. The van der Waals surface area contributed by atoms with Crippen molar-refractivity contribution < 1.29 is 49.0 Å². The molecule has 40 heavy (non-hydrogen) atoms. The lowest BCUT2D eigenvalue weighted by molar-refractivity contribution is -0.293. The second-order valence-corrected chi connectivity index (χ2v) is 12.6. The third-order valence-electron chi connectivity index (χ3n) is 10.6. The first-order valence-corrected chi connectivity index (χ1v) is 13.7. The fourth-order valence-electron chi connectivity index (χ4n) is 8.13. The SMILES string of the molecule is COC(=O)O[C@@]12CC[C@@H]1CC(O)[C@@]1(C)C(=O)C(O)C3=C(C)C(O)CC(O)(C(OC(=O)c4ccccc4)C12)C3(C)C. The first kappa shape index (κ1) is 28.7. The molecule has 4 aliphatic carbocycles. The fourth-order valence-corrected chi connectivity index (χ4v) is 8.13. The van der Waals surface area contributed by atoms with Gasteiger partial charge in [-0.05, 0) is 56.4 Å². The van der Waals surface area contributed by atoms with Gasteiger partial charge in [-0.1, -0.05) is 32.0 Å². The van der Waals surface area contributed by atoms with Gasteiger partial charge >= 0.3 is 12.1 Å². The molecule has 0 saturated heterocycles. The zero-order valence-electron chi connectivity index (χ0n) is 23.4. The standard InChI is InChI=1S/C30H38O10/c1-15-18(31)14-30(37)24(39-25(35)16-9-7-6-8-10-16)22-28(4,23(34)21(33)20(15)27(30,2)3)19(32)13-17-11-12-29(17,22)40-26(36)38-5/h6-10,17-19,21-22,24,31-33,37H,11-14H2,1-5H3/t17-,18?,19?,21?,22?,24?,28-,29+,30?/m1/s1. The lowest BCUT2D eigenvalue weighted by atomic mass is 9.41. The van der Waals surface area contributed by atoms with E-state index in [4.69, 9.17) is 14.2 Å². The molecule has 9 atom stereocenters. The summed E-state index contributed by atoms with van der Waals surface area (Å²) in [4.78, 5) is 40.6. The predicted octanol–water partition coefficient (Wildman–Crippen LogP) is 2.31. The lowest BCUT2D eigenvalue weighted by Crippen LogP contribution is -2.78. The van der Waals surface area contributed by atoms with Crippen LogP contribution in [0.15, 0.2) is 41.5 Å². The van der Waals surface area contributed by atoms with E-state index in [-0.39, 0.29) is 30.4 Å². The maximum Gasteiger partial charge on any atom is 0.508 e. The minimum atomic E-state index is -2.05. The van der Waals surface area contributed by atoms with Crippen LogP contribution in [-0.4, -0.2) is 81.1 Å². The zero-order chi connectivity index (χ0) is 29.4. The van der Waals surface area contributed by atoms with Crippen LogP contribution in [0.1, 0.15) is 63.7 Å². The summed E-state index contributed by atoms with van der Waals surface area (Å²) >= 11 is 0. The Morgan fingerprint density at radius 1 is 1.05 bits per heavy atom. The van der Waals surface area contributed by atoms with Gasteiger partial charge in [0.2, 0.25) is 0 Å². The maximum atomic E-state index is 14.4. The Morgan fingerprint density at radius 2 is 1.70 bits per heavy atom. The smallest absolute Gasteiger partial charge is 0.455 e. The summed E-state index contributed by atoms with van der Waals surface area (Å²) in [6.07, 6.45) is -6.32. The molecule has 0 heterocycles. The summed E-state index contributed by atoms with van der Waals surface area (Å²) in [6, 6.07) is 8.12. The Kier molecular flexibility index (Phi) is 6.73. The monoisotopic (exact) mass is 558 g/mol. The molecule has 0 radical (unpaired) electrons. The average Bonchev–Trinajstić information content (AvgIpc) is 2.91. The number of carbonyl (C=O) groups is 3. The largest absolute Gasteiger partial charge is 0.508 e. The molecule has 10 heteroatoms. The number of hydrogen-bond acceptors (Lipinski definition) is 10. The van der Waals surface area contributed by atoms with Gasteiger partial charge in [0.1, 0.15) is 23.4 Å². The third kappa shape index (κ3) is 3.65. The minimum Gasteiger partial charge on any atom is -0.455 e. The van der Waals surface area contributed by atoms with Crippen molar-refractivity contribution in [2.24, 2.45) is 22.7 Å². The van der Waals surface area contributed by atoms with Crippen molar-refractivity contribution >= 4 is 17.9 Å². The van der Waals surface area contributed by atoms with Crippen molar-refractivity contribution in [3.63, 3.8) is 0 Å². The molecule has 0 amide bonds. The molecule has 5 rings (SSSR count). The number of hydrogen-bond donors (Lipinski definition) is 4. The second kappa shape index (κ2) is 9.37. The van der Waals surface area contributed by atoms with Crippen LogP contribution in [0.3, 0.4) is 0 Å². The van der Waals surface area contributed by atoms with E-state index in [1.807, 2.05) is 0 Å². The first-order chi connectivity index (χ1) is 18.7. The van der Waals surface area contributed by atoms with E-state index in [2.05, 4.69) is 0 Å². The number of rotatable bonds is 3. The highest BCUT2D eigenvalue weighted by Gasteiger charge is 2.77. The van der Waals surface area contributed by atoms with Crippen LogP contribution in [0.4, 0.5) is 4.79 Å². The molecule has 0 aromatic heterocycles. The van der Waals surface area contributed by atoms with E-state index >= 15 is 0 Å². The summed E-state index contributed by atoms with van der Waals surface area (Å²) in [5, 5.41) is 47.0. The number of ether oxygens (including phenoxy) is 3. The van der Waals surface area contributed by atoms with Crippen molar-refractivity contribution in [2.75, 3.05) is 7.11 Å². The molecular formula is C30H38O10. The Labute approximate surface area is 232 Å². The number of ketones is 1. The highest BCUT2D eigenvalue weighted by atomic mass is 16.7. The van der Waals surface area contributed by atoms with E-state index in [0.717, 1.165) is 7.11 Å². The quantitative estimate of drug-likeness (QED) is 0.320. The van der Waals surface area contributed by atoms with Crippen LogP contribution >= 0.6 is 0 Å². The molecule has 4 N–H and O–H groups in total. The fraction of sp³-hybridized carbons (Fsp3) is 0.633. The van der Waals surface area contributed by atoms with Gasteiger partial charge in [0, 0.05) is 17.8 Å². The molecule has 1 aromatic rings. The van der Waals surface area contributed by atoms with Crippen LogP contribution in [0.25, 0.3) is 0 Å². The van der Waals surface area contributed by atoms with Gasteiger partial charge in [0.25, 0.3) is 0 Å². The number of carbonyl (C=O) groups excluding carboxylic acids is 3. The van der Waals surface area contributed by atoms with E-state index < -0.39 is 76.2 Å². The lowest BCUT2D eigenvalue weighted by Gasteiger charge is -2.67. The van der Waals surface area contributed by atoms with Gasteiger partial charge in [0.15, 0.2) is 5.78 Å². The summed E-state index contributed by atoms with van der Waals surface area (Å²) in [5.41, 5.74) is -6.08. The van der Waals surface area contributed by atoms with E-state index in [1.165, 1.54) is 6.92 Å². The summed E-state index contributed by atoms with van der Waals surface area (Å²) < 4.78 is 16.9. The maximum absolute atomic E-state index is 14.4. The van der Waals surface area contributed by atoms with Crippen LogP contribution in [0.5, 0.6) is 0 Å². The van der Waals surface area contributed by atoms with Crippen molar-refractivity contribution in [3.8, 4) is 0 Å². The summed E-state index contributed by atoms with van der Waals surface area (Å²) in [6.45, 7) is 6.32. The predicted molar refractivity (Wildman–Crippen MR) is 140 cm³/mol. The van der Waals surface area contributed by atoms with E-state index in [1.54, 1.807) is 51.1 Å². The van der Waals surface area contributed by atoms with E-state index in [0.29, 0.717) is 12.0 Å². The Hall–Kier alpha value is -2.79. The number of fused-ring (bicyclic) bond motifs is 5. The van der Waals surface area contributed by atoms with Crippen molar-refractivity contribution in [1.82, 2.24) is 0 Å². The van der Waals surface area contributed by atoms with Crippen molar-refractivity contribution in [1.29, 1.82) is 0 Å². The molecule has 6 unspecified atom stereocenters. The van der Waals surface area contributed by atoms with Gasteiger partial charge in [0.05, 0.1) is 36.2 Å². The highest BCUT2D eigenvalue weighted by molar-refractivity contribution is 5.94. The van der Waals surface area contributed by atoms with Gasteiger partial charge in [-0.2, -0.15) is 0 Å². The van der Waals surface area contributed by atoms with Gasteiger partial charge in [-0.25, -0.2) is 9.59 Å². The Morgan fingerprint density at radius 3 is 2.27 bits per heavy atom. The van der Waals surface area contributed by atoms with Crippen LogP contribution < -0.4 is 0 Å². The van der Waals surface area contributed by atoms with Crippen molar-refractivity contribution in [2.45, 2.75) is 89.0 Å². The summed E-state index contributed by atoms with van der Waals surface area (Å²) in [7, 11) is 1.15. The van der Waals surface area contributed by atoms with Gasteiger partial charge in [-0.3, -0.25) is 4.79 Å². The molecule has 0 aliphatic heterocycles. The zero-order valence-corrected chi connectivity index (χ0v) is 23.4. The molecule has 3 fully saturated rings. The van der Waals surface area contributed by atoms with Gasteiger partial charge < -0.3 is 34.6 Å². The van der Waals surface area contributed by atoms with Gasteiger partial charge in [-0.15, -0.1) is 0 Å². The molecule has 4 aliphatic rings. The minimum absolute atomic E-state index is 0.0876. The molecule has 1 aromatic carbocycles. The average molecular weight is 559 g/mol. The number of aliphatic hydroxyl groups is 4. The van der Waals surface area contributed by atoms with Crippen LogP contribution in [0.2, 0.25) is 0 Å². The molecule has 3 saturated carbocycles. The number of methoxy groups -OCH3 is 1. The Balaban J connectivity index is 1.81. The number of aliphatic hydroxyl groups excluding tert-OH is 3. The van der Waals surface area contributed by atoms with Crippen LogP contribution in [0, 0.1) is 22.7 Å². The number of Topliss-reactive ketones (excluding diaryl/α,β-unsaturated/α-hetero) is 1. The first-order valence-electron chi connectivity index (χ1n) is 13.7. The van der Waals surface area contributed by atoms with E-state index in [9.17, 15) is 34.8 Å². The Bertz CT molecular complexity index is 1260. The molecular weight excluding hydrogens is 520 g/mol. The van der Waals surface area contributed by atoms with Crippen LogP contribution in [-0.2, 0) is 19.0 Å².